The van der Waals surface area contributed by atoms with Crippen LogP contribution in [0.25, 0.3) is 0 Å². The molecular weight excluding hydrogens is 424 g/mol. The van der Waals surface area contributed by atoms with Gasteiger partial charge in [-0.2, -0.15) is 0 Å². The van der Waals surface area contributed by atoms with Gasteiger partial charge in [-0.25, -0.2) is 9.78 Å². The molecule has 5 heteroatoms. The number of aromatic nitrogens is 1. The molecular formula is C29H30N2O3. The SMILES string of the molecule is CN(c1ccc(Oc2ccc(C34CC5CC(CC(C5)C3)C4)cc2)cc1)c1ncccc1C(=O)O. The number of benzene rings is 2. The summed E-state index contributed by atoms with van der Waals surface area (Å²) in [5.41, 5.74) is 2.91. The number of pyridine rings is 1. The molecule has 4 fully saturated rings. The molecule has 0 amide bonds. The summed E-state index contributed by atoms with van der Waals surface area (Å²) in [5, 5.41) is 9.45. The highest BCUT2D eigenvalue weighted by Crippen LogP contribution is 2.60. The molecule has 4 aliphatic carbocycles. The van der Waals surface area contributed by atoms with Crippen molar-refractivity contribution in [2.45, 2.75) is 43.9 Å². The number of anilines is 2. The van der Waals surface area contributed by atoms with E-state index in [9.17, 15) is 9.90 Å². The first-order valence-corrected chi connectivity index (χ1v) is 12.3. The van der Waals surface area contributed by atoms with Gasteiger partial charge in [0.05, 0.1) is 0 Å². The van der Waals surface area contributed by atoms with Gasteiger partial charge in [-0.3, -0.25) is 0 Å². The summed E-state index contributed by atoms with van der Waals surface area (Å²) >= 11 is 0. The Hall–Kier alpha value is -3.34. The molecule has 4 bridgehead atoms. The molecule has 0 unspecified atom stereocenters. The molecule has 5 nitrogen and oxygen atoms in total. The third-order valence-electron chi connectivity index (χ3n) is 8.30. The van der Waals surface area contributed by atoms with Crippen LogP contribution >= 0.6 is 0 Å². The molecule has 1 aromatic heterocycles. The summed E-state index contributed by atoms with van der Waals surface area (Å²) in [7, 11) is 1.81. The molecule has 0 atom stereocenters. The third kappa shape index (κ3) is 3.73. The van der Waals surface area contributed by atoms with Gasteiger partial charge in [0.15, 0.2) is 0 Å². The Morgan fingerprint density at radius 2 is 1.47 bits per heavy atom. The topological polar surface area (TPSA) is 62.7 Å². The zero-order valence-electron chi connectivity index (χ0n) is 19.5. The highest BCUT2D eigenvalue weighted by Gasteiger charge is 2.51. The lowest BCUT2D eigenvalue weighted by Gasteiger charge is -2.57. The zero-order valence-corrected chi connectivity index (χ0v) is 19.5. The summed E-state index contributed by atoms with van der Waals surface area (Å²) in [6.45, 7) is 0. The number of carboxylic acid groups (broad SMARTS) is 1. The number of nitrogens with zero attached hydrogens (tertiary/aromatic N) is 2. The van der Waals surface area contributed by atoms with Gasteiger partial charge in [-0.05, 0) is 116 Å². The predicted molar refractivity (Wildman–Crippen MR) is 132 cm³/mol. The maximum absolute atomic E-state index is 11.5. The van der Waals surface area contributed by atoms with Crippen LogP contribution in [-0.4, -0.2) is 23.1 Å². The van der Waals surface area contributed by atoms with Crippen molar-refractivity contribution in [1.82, 2.24) is 4.98 Å². The van der Waals surface area contributed by atoms with Gasteiger partial charge >= 0.3 is 5.97 Å². The Balaban J connectivity index is 1.16. The van der Waals surface area contributed by atoms with Gasteiger partial charge in [0.2, 0.25) is 0 Å². The van der Waals surface area contributed by atoms with Gasteiger partial charge in [-0.1, -0.05) is 12.1 Å². The first-order valence-electron chi connectivity index (χ1n) is 12.3. The van der Waals surface area contributed by atoms with E-state index < -0.39 is 5.97 Å². The minimum absolute atomic E-state index is 0.171. The average molecular weight is 455 g/mol. The summed E-state index contributed by atoms with van der Waals surface area (Å²) in [6, 6.07) is 19.6. The summed E-state index contributed by atoms with van der Waals surface area (Å²) in [5.74, 6) is 3.83. The fourth-order valence-electron chi connectivity index (χ4n) is 7.17. The molecule has 4 aliphatic rings. The minimum Gasteiger partial charge on any atom is -0.478 e. The van der Waals surface area contributed by atoms with Crippen molar-refractivity contribution in [3.8, 4) is 11.5 Å². The van der Waals surface area contributed by atoms with Crippen LogP contribution in [0.3, 0.4) is 0 Å². The van der Waals surface area contributed by atoms with Crippen LogP contribution in [0.1, 0.15) is 54.4 Å². The maximum Gasteiger partial charge on any atom is 0.339 e. The highest BCUT2D eigenvalue weighted by molar-refractivity contribution is 5.94. The molecule has 4 saturated carbocycles. The Morgan fingerprint density at radius 3 is 2.03 bits per heavy atom. The lowest BCUT2D eigenvalue weighted by atomic mass is 9.48. The van der Waals surface area contributed by atoms with Crippen molar-refractivity contribution in [1.29, 1.82) is 0 Å². The molecule has 0 spiro atoms. The largest absolute Gasteiger partial charge is 0.478 e. The van der Waals surface area contributed by atoms with E-state index in [4.69, 9.17) is 4.74 Å². The lowest BCUT2D eigenvalue weighted by Crippen LogP contribution is -2.48. The van der Waals surface area contributed by atoms with Crippen LogP contribution in [0.15, 0.2) is 66.9 Å². The van der Waals surface area contributed by atoms with Gasteiger partial charge in [0, 0.05) is 18.9 Å². The number of aromatic carboxylic acids is 1. The second-order valence-electron chi connectivity index (χ2n) is 10.6. The monoisotopic (exact) mass is 454 g/mol. The third-order valence-corrected chi connectivity index (χ3v) is 8.30. The molecule has 174 valence electrons. The number of ether oxygens (including phenoxy) is 1. The van der Waals surface area contributed by atoms with Crippen LogP contribution < -0.4 is 9.64 Å². The summed E-state index contributed by atoms with van der Waals surface area (Å²) in [4.78, 5) is 17.6. The molecule has 7 rings (SSSR count). The molecule has 0 saturated heterocycles. The van der Waals surface area contributed by atoms with E-state index >= 15 is 0 Å². The Labute approximate surface area is 200 Å². The summed E-state index contributed by atoms with van der Waals surface area (Å²) in [6.07, 6.45) is 10.1. The molecule has 0 radical (unpaired) electrons. The van der Waals surface area contributed by atoms with Crippen molar-refractivity contribution in [2.75, 3.05) is 11.9 Å². The van der Waals surface area contributed by atoms with E-state index in [1.165, 1.54) is 44.1 Å². The van der Waals surface area contributed by atoms with Crippen molar-refractivity contribution in [3.05, 3.63) is 78.0 Å². The lowest BCUT2D eigenvalue weighted by molar-refractivity contribution is -0.00520. The molecule has 34 heavy (non-hydrogen) atoms. The van der Waals surface area contributed by atoms with Crippen LogP contribution in [-0.2, 0) is 5.41 Å². The summed E-state index contributed by atoms with van der Waals surface area (Å²) < 4.78 is 6.13. The van der Waals surface area contributed by atoms with Crippen molar-refractivity contribution < 1.29 is 14.6 Å². The molecule has 3 aromatic rings. The Morgan fingerprint density at radius 1 is 0.912 bits per heavy atom. The van der Waals surface area contributed by atoms with E-state index in [-0.39, 0.29) is 5.56 Å². The van der Waals surface area contributed by atoms with Gasteiger partial charge < -0.3 is 14.7 Å². The van der Waals surface area contributed by atoms with Gasteiger partial charge in [0.25, 0.3) is 0 Å². The van der Waals surface area contributed by atoms with E-state index in [0.717, 1.165) is 34.9 Å². The number of hydrogen-bond acceptors (Lipinski definition) is 4. The van der Waals surface area contributed by atoms with Gasteiger partial charge in [0.1, 0.15) is 22.9 Å². The smallest absolute Gasteiger partial charge is 0.339 e. The first-order chi connectivity index (χ1) is 16.5. The van der Waals surface area contributed by atoms with Crippen LogP contribution in [0.4, 0.5) is 11.5 Å². The highest BCUT2D eigenvalue weighted by atomic mass is 16.5. The average Bonchev–Trinajstić information content (AvgIpc) is 2.84. The van der Waals surface area contributed by atoms with E-state index in [1.54, 1.807) is 23.2 Å². The number of hydrogen-bond donors (Lipinski definition) is 1. The maximum atomic E-state index is 11.5. The first kappa shape index (κ1) is 21.2. The second-order valence-corrected chi connectivity index (χ2v) is 10.6. The Kier molecular flexibility index (Phi) is 5.09. The van der Waals surface area contributed by atoms with Crippen LogP contribution in [0.5, 0.6) is 11.5 Å². The van der Waals surface area contributed by atoms with E-state index in [2.05, 4.69) is 29.2 Å². The molecule has 1 heterocycles. The van der Waals surface area contributed by atoms with Crippen LogP contribution in [0, 0.1) is 17.8 Å². The van der Waals surface area contributed by atoms with Crippen molar-refractivity contribution >= 4 is 17.5 Å². The standard InChI is InChI=1S/C29H30N2O3/c1-31(27-26(28(32)33)3-2-12-30-27)23-6-10-25(11-7-23)34-24-8-4-22(5-9-24)29-16-19-13-20(17-29)15-21(14-19)18-29/h2-12,19-21H,13-18H2,1H3,(H,32,33). The van der Waals surface area contributed by atoms with Crippen LogP contribution in [0.2, 0.25) is 0 Å². The Bertz CT molecular complexity index is 1170. The van der Waals surface area contributed by atoms with Gasteiger partial charge in [-0.15, -0.1) is 0 Å². The van der Waals surface area contributed by atoms with Crippen molar-refractivity contribution in [2.24, 2.45) is 17.8 Å². The molecule has 1 N–H and O–H groups in total. The minimum atomic E-state index is -0.994. The quantitative estimate of drug-likeness (QED) is 0.443. The fourth-order valence-corrected chi connectivity index (χ4v) is 7.17. The van der Waals surface area contributed by atoms with E-state index in [0.29, 0.717) is 11.2 Å². The number of carboxylic acids is 1. The molecule has 2 aromatic carbocycles. The predicted octanol–water partition coefficient (Wildman–Crippen LogP) is 6.81. The fraction of sp³-hybridized carbons (Fsp3) is 0.379. The van der Waals surface area contributed by atoms with Crippen molar-refractivity contribution in [3.63, 3.8) is 0 Å². The number of carbonyl (C=O) groups is 1. The normalized spacial score (nSPS) is 26.9. The zero-order chi connectivity index (χ0) is 23.3. The number of rotatable bonds is 6. The molecule has 0 aliphatic heterocycles. The van der Waals surface area contributed by atoms with E-state index in [1.807, 2.05) is 31.3 Å². The second kappa shape index (κ2) is 8.15.